The molecule has 0 spiro atoms. The minimum absolute atomic E-state index is 0.00245. The van der Waals surface area contributed by atoms with E-state index in [-0.39, 0.29) is 24.5 Å². The number of anilines is 1. The topological polar surface area (TPSA) is 71.5 Å². The predicted molar refractivity (Wildman–Crippen MR) is 96.2 cm³/mol. The van der Waals surface area contributed by atoms with Crippen molar-refractivity contribution in [1.82, 2.24) is 9.88 Å². The maximum absolute atomic E-state index is 12.4. The monoisotopic (exact) mass is 341 g/mol. The number of carbonyl (C=O) groups is 2. The Hall–Kier alpha value is -2.89. The molecule has 0 aliphatic heterocycles. The number of ether oxygens (including phenoxy) is 1. The molecule has 0 fully saturated rings. The number of pyridine rings is 1. The molecule has 0 atom stereocenters. The summed E-state index contributed by atoms with van der Waals surface area (Å²) in [5, 5.41) is 2.81. The molecule has 6 nitrogen and oxygen atoms in total. The van der Waals surface area contributed by atoms with E-state index in [1.54, 1.807) is 30.6 Å². The second kappa shape index (κ2) is 8.82. The first-order valence-electron chi connectivity index (χ1n) is 8.15. The average molecular weight is 341 g/mol. The van der Waals surface area contributed by atoms with Crippen LogP contribution < -0.4 is 10.1 Å². The molecular weight excluding hydrogens is 318 g/mol. The van der Waals surface area contributed by atoms with E-state index in [4.69, 9.17) is 4.74 Å². The van der Waals surface area contributed by atoms with Crippen molar-refractivity contribution in [3.8, 4) is 5.75 Å². The lowest BCUT2D eigenvalue weighted by Crippen LogP contribution is -2.36. The van der Waals surface area contributed by atoms with Crippen LogP contribution in [0.2, 0.25) is 0 Å². The van der Waals surface area contributed by atoms with Crippen LogP contribution in [0.15, 0.2) is 48.8 Å². The first kappa shape index (κ1) is 18.4. The molecule has 0 radical (unpaired) electrons. The molecule has 2 amide bonds. The second-order valence-corrected chi connectivity index (χ2v) is 5.95. The highest BCUT2D eigenvalue weighted by Crippen LogP contribution is 2.24. The van der Waals surface area contributed by atoms with Gasteiger partial charge in [0.2, 0.25) is 11.8 Å². The molecule has 0 unspecified atom stereocenters. The van der Waals surface area contributed by atoms with Crippen LogP contribution in [0, 0.1) is 0 Å². The first-order valence-corrected chi connectivity index (χ1v) is 8.15. The van der Waals surface area contributed by atoms with Crippen molar-refractivity contribution < 1.29 is 14.3 Å². The highest BCUT2D eigenvalue weighted by Gasteiger charge is 2.16. The Kier molecular flexibility index (Phi) is 6.51. The van der Waals surface area contributed by atoms with E-state index >= 15 is 0 Å². The quantitative estimate of drug-likeness (QED) is 0.840. The van der Waals surface area contributed by atoms with E-state index in [0.717, 1.165) is 5.56 Å². The lowest BCUT2D eigenvalue weighted by atomic mass is 10.2. The smallest absolute Gasteiger partial charge is 0.244 e. The summed E-state index contributed by atoms with van der Waals surface area (Å²) in [6.45, 7) is 5.58. The number of benzene rings is 1. The van der Waals surface area contributed by atoms with E-state index < -0.39 is 0 Å². The van der Waals surface area contributed by atoms with Gasteiger partial charge in [0, 0.05) is 25.9 Å². The molecule has 0 bridgehead atoms. The Morgan fingerprint density at radius 1 is 1.20 bits per heavy atom. The van der Waals surface area contributed by atoms with Gasteiger partial charge in [0.05, 0.1) is 11.8 Å². The maximum atomic E-state index is 12.4. The molecule has 0 saturated carbocycles. The van der Waals surface area contributed by atoms with Gasteiger partial charge in [-0.05, 0) is 37.6 Å². The summed E-state index contributed by atoms with van der Waals surface area (Å²) in [6.07, 6.45) is 3.34. The van der Waals surface area contributed by atoms with Gasteiger partial charge in [0.1, 0.15) is 12.3 Å². The Morgan fingerprint density at radius 2 is 1.96 bits per heavy atom. The Morgan fingerprint density at radius 3 is 2.60 bits per heavy atom. The highest BCUT2D eigenvalue weighted by molar-refractivity contribution is 5.95. The van der Waals surface area contributed by atoms with Crippen LogP contribution in [0.5, 0.6) is 5.75 Å². The fourth-order valence-corrected chi connectivity index (χ4v) is 2.28. The molecule has 1 heterocycles. The Bertz CT molecular complexity index is 717. The SMILES string of the molecule is CC(=O)N(CC(=O)Nc1ccccc1OC(C)C)Cc1cccnc1. The summed E-state index contributed by atoms with van der Waals surface area (Å²) in [7, 11) is 0. The highest BCUT2D eigenvalue weighted by atomic mass is 16.5. The van der Waals surface area contributed by atoms with Gasteiger partial charge in [0.15, 0.2) is 0 Å². The minimum atomic E-state index is -0.279. The van der Waals surface area contributed by atoms with Crippen LogP contribution in [-0.4, -0.2) is 34.3 Å². The van der Waals surface area contributed by atoms with Crippen molar-refractivity contribution >= 4 is 17.5 Å². The van der Waals surface area contributed by atoms with E-state index in [1.807, 2.05) is 32.0 Å². The maximum Gasteiger partial charge on any atom is 0.244 e. The molecule has 1 N–H and O–H groups in total. The summed E-state index contributed by atoms with van der Waals surface area (Å²) in [5.41, 5.74) is 1.46. The van der Waals surface area contributed by atoms with Gasteiger partial charge >= 0.3 is 0 Å². The van der Waals surface area contributed by atoms with Crippen molar-refractivity contribution in [2.75, 3.05) is 11.9 Å². The van der Waals surface area contributed by atoms with Crippen LogP contribution in [0.25, 0.3) is 0 Å². The molecule has 2 aromatic rings. The van der Waals surface area contributed by atoms with Crippen molar-refractivity contribution in [2.45, 2.75) is 33.4 Å². The lowest BCUT2D eigenvalue weighted by molar-refractivity contribution is -0.133. The van der Waals surface area contributed by atoms with Crippen LogP contribution in [0.4, 0.5) is 5.69 Å². The van der Waals surface area contributed by atoms with Crippen molar-refractivity contribution in [1.29, 1.82) is 0 Å². The third-order valence-electron chi connectivity index (χ3n) is 3.40. The Labute approximate surface area is 147 Å². The fraction of sp³-hybridized carbons (Fsp3) is 0.316. The summed E-state index contributed by atoms with van der Waals surface area (Å²) in [5.74, 6) is 0.150. The number of para-hydroxylation sites is 2. The zero-order valence-electron chi connectivity index (χ0n) is 14.7. The minimum Gasteiger partial charge on any atom is -0.489 e. The molecule has 1 aromatic carbocycles. The molecule has 0 aliphatic rings. The standard InChI is InChI=1S/C19H23N3O3/c1-14(2)25-18-9-5-4-8-17(18)21-19(24)13-22(15(3)23)12-16-7-6-10-20-11-16/h4-11,14H,12-13H2,1-3H3,(H,21,24). The molecule has 132 valence electrons. The summed E-state index contributed by atoms with van der Waals surface area (Å²) in [4.78, 5) is 29.7. The number of aromatic nitrogens is 1. The van der Waals surface area contributed by atoms with Gasteiger partial charge in [-0.15, -0.1) is 0 Å². The molecular formula is C19H23N3O3. The van der Waals surface area contributed by atoms with Crippen molar-refractivity contribution in [3.05, 3.63) is 54.4 Å². The van der Waals surface area contributed by atoms with Gasteiger partial charge in [-0.2, -0.15) is 0 Å². The van der Waals surface area contributed by atoms with Gasteiger partial charge < -0.3 is 15.0 Å². The zero-order chi connectivity index (χ0) is 18.2. The zero-order valence-corrected chi connectivity index (χ0v) is 14.7. The van der Waals surface area contributed by atoms with Crippen molar-refractivity contribution in [3.63, 3.8) is 0 Å². The molecule has 6 heteroatoms. The van der Waals surface area contributed by atoms with E-state index in [0.29, 0.717) is 18.0 Å². The van der Waals surface area contributed by atoms with Gasteiger partial charge in [-0.25, -0.2) is 0 Å². The van der Waals surface area contributed by atoms with Crippen LogP contribution in [-0.2, 0) is 16.1 Å². The third-order valence-corrected chi connectivity index (χ3v) is 3.40. The first-order chi connectivity index (χ1) is 12.0. The van der Waals surface area contributed by atoms with Gasteiger partial charge in [-0.1, -0.05) is 18.2 Å². The molecule has 25 heavy (non-hydrogen) atoms. The van der Waals surface area contributed by atoms with Crippen LogP contribution >= 0.6 is 0 Å². The number of nitrogens with one attached hydrogen (secondary N) is 1. The molecule has 0 saturated heterocycles. The number of rotatable bonds is 7. The molecule has 0 aliphatic carbocycles. The second-order valence-electron chi connectivity index (χ2n) is 5.95. The molecule has 1 aromatic heterocycles. The van der Waals surface area contributed by atoms with Crippen LogP contribution in [0.1, 0.15) is 26.3 Å². The van der Waals surface area contributed by atoms with Crippen LogP contribution in [0.3, 0.4) is 0 Å². The third kappa shape index (κ3) is 5.91. The van der Waals surface area contributed by atoms with E-state index in [1.165, 1.54) is 11.8 Å². The summed E-state index contributed by atoms with van der Waals surface area (Å²) in [6, 6.07) is 10.9. The number of amides is 2. The van der Waals surface area contributed by atoms with E-state index in [9.17, 15) is 9.59 Å². The number of carbonyl (C=O) groups excluding carboxylic acids is 2. The Balaban J connectivity index is 2.03. The number of hydrogen-bond donors (Lipinski definition) is 1. The largest absolute Gasteiger partial charge is 0.489 e. The van der Waals surface area contributed by atoms with E-state index in [2.05, 4.69) is 10.3 Å². The lowest BCUT2D eigenvalue weighted by Gasteiger charge is -2.21. The average Bonchev–Trinajstić information content (AvgIpc) is 2.56. The van der Waals surface area contributed by atoms with Crippen molar-refractivity contribution in [2.24, 2.45) is 0 Å². The predicted octanol–water partition coefficient (Wildman–Crippen LogP) is 2.86. The summed E-state index contributed by atoms with van der Waals surface area (Å²) < 4.78 is 5.69. The normalized spacial score (nSPS) is 10.4. The molecule has 2 rings (SSSR count). The summed E-state index contributed by atoms with van der Waals surface area (Å²) >= 11 is 0. The van der Waals surface area contributed by atoms with Gasteiger partial charge in [0.25, 0.3) is 0 Å². The number of nitrogens with zero attached hydrogens (tertiary/aromatic N) is 2. The number of hydrogen-bond acceptors (Lipinski definition) is 4. The van der Waals surface area contributed by atoms with Gasteiger partial charge in [-0.3, -0.25) is 14.6 Å². The fourth-order valence-electron chi connectivity index (χ4n) is 2.28.